The third kappa shape index (κ3) is 4.14. The van der Waals surface area contributed by atoms with Crippen LogP contribution in [0.1, 0.15) is 12.5 Å². The van der Waals surface area contributed by atoms with Gasteiger partial charge in [-0.2, -0.15) is 10.2 Å². The van der Waals surface area contributed by atoms with Crippen molar-refractivity contribution in [1.29, 1.82) is 0 Å². The first-order valence-electron chi connectivity index (χ1n) is 5.51. The van der Waals surface area contributed by atoms with E-state index in [4.69, 9.17) is 12.2 Å². The van der Waals surface area contributed by atoms with E-state index in [1.165, 1.54) is 0 Å². The van der Waals surface area contributed by atoms with Gasteiger partial charge in [0, 0.05) is 19.7 Å². The Morgan fingerprint density at radius 2 is 1.78 bits per heavy atom. The van der Waals surface area contributed by atoms with Crippen LogP contribution < -0.4 is 16.2 Å². The number of hydrogen-bond donors (Lipinski definition) is 3. The fourth-order valence-corrected chi connectivity index (χ4v) is 1.38. The molecule has 1 aromatic carbocycles. The second-order valence-electron chi connectivity index (χ2n) is 3.44. The van der Waals surface area contributed by atoms with E-state index in [2.05, 4.69) is 26.4 Å². The number of hydrogen-bond acceptors (Lipinski definition) is 4. The molecule has 0 saturated carbocycles. The Labute approximate surface area is 112 Å². The molecule has 1 rings (SSSR count). The van der Waals surface area contributed by atoms with E-state index < -0.39 is 0 Å². The van der Waals surface area contributed by atoms with E-state index in [0.717, 1.165) is 17.0 Å². The molecule has 0 aliphatic rings. The van der Waals surface area contributed by atoms with E-state index in [1.54, 1.807) is 14.1 Å². The van der Waals surface area contributed by atoms with Crippen LogP contribution in [0.2, 0.25) is 0 Å². The lowest BCUT2D eigenvalue weighted by molar-refractivity contribution is 0.901. The van der Waals surface area contributed by atoms with Gasteiger partial charge in [-0.05, 0) is 19.1 Å². The summed E-state index contributed by atoms with van der Waals surface area (Å²) in [7, 11) is 3.49. The third-order valence-corrected chi connectivity index (χ3v) is 2.46. The molecule has 1 aromatic rings. The van der Waals surface area contributed by atoms with Gasteiger partial charge in [0.15, 0.2) is 5.11 Å². The maximum absolute atomic E-state index is 4.99. The molecule has 0 aromatic heterocycles. The van der Waals surface area contributed by atoms with Gasteiger partial charge in [0.25, 0.3) is 0 Å². The van der Waals surface area contributed by atoms with Gasteiger partial charge in [-0.15, -0.1) is 0 Å². The summed E-state index contributed by atoms with van der Waals surface area (Å²) in [4.78, 5) is 0. The van der Waals surface area contributed by atoms with Gasteiger partial charge in [-0.1, -0.05) is 30.3 Å². The highest BCUT2D eigenvalue weighted by molar-refractivity contribution is 7.80. The van der Waals surface area contributed by atoms with Crippen molar-refractivity contribution in [2.45, 2.75) is 6.92 Å². The first-order chi connectivity index (χ1) is 8.69. The Hall–Kier alpha value is -1.95. The standard InChI is InChI=1S/C12H17N5S/c1-9(15-14-3)11(16-17-12(18)13-2)10-7-5-4-6-8-10/h4-8,14H,1-3H3,(H2,13,17,18)/b15-9-,16-11+. The predicted molar refractivity (Wildman–Crippen MR) is 79.9 cm³/mol. The summed E-state index contributed by atoms with van der Waals surface area (Å²) in [5, 5.41) is 11.7. The van der Waals surface area contributed by atoms with Crippen molar-refractivity contribution in [1.82, 2.24) is 16.2 Å². The molecule has 0 atom stereocenters. The Morgan fingerprint density at radius 3 is 2.33 bits per heavy atom. The Balaban J connectivity index is 3.03. The molecule has 0 unspecified atom stereocenters. The highest BCUT2D eigenvalue weighted by atomic mass is 32.1. The summed E-state index contributed by atoms with van der Waals surface area (Å²) in [6.07, 6.45) is 0. The second-order valence-corrected chi connectivity index (χ2v) is 3.85. The minimum Gasteiger partial charge on any atom is -0.364 e. The highest BCUT2D eigenvalue weighted by Gasteiger charge is 2.07. The number of rotatable bonds is 4. The molecule has 0 heterocycles. The van der Waals surface area contributed by atoms with Gasteiger partial charge in [-0.25, -0.2) is 0 Å². The van der Waals surface area contributed by atoms with Gasteiger partial charge in [0.1, 0.15) is 5.71 Å². The number of nitrogens with one attached hydrogen (secondary N) is 3. The van der Waals surface area contributed by atoms with Crippen molar-refractivity contribution >= 4 is 28.8 Å². The Morgan fingerprint density at radius 1 is 1.11 bits per heavy atom. The van der Waals surface area contributed by atoms with E-state index in [9.17, 15) is 0 Å². The van der Waals surface area contributed by atoms with E-state index in [0.29, 0.717) is 5.11 Å². The van der Waals surface area contributed by atoms with Gasteiger partial charge < -0.3 is 10.7 Å². The molecule has 6 heteroatoms. The summed E-state index contributed by atoms with van der Waals surface area (Å²) in [5.74, 6) is 0. The van der Waals surface area contributed by atoms with Crippen LogP contribution in [0.4, 0.5) is 0 Å². The molecule has 96 valence electrons. The summed E-state index contributed by atoms with van der Waals surface area (Å²) in [6, 6.07) is 9.80. The lowest BCUT2D eigenvalue weighted by Crippen LogP contribution is -2.30. The number of hydrazone groups is 2. The van der Waals surface area contributed by atoms with Crippen molar-refractivity contribution in [2.75, 3.05) is 14.1 Å². The van der Waals surface area contributed by atoms with Crippen LogP contribution >= 0.6 is 12.2 Å². The average Bonchev–Trinajstić information content (AvgIpc) is 2.40. The Kier molecular flexibility index (Phi) is 5.79. The molecule has 0 saturated heterocycles. The smallest absolute Gasteiger partial charge is 0.186 e. The number of nitrogens with zero attached hydrogens (tertiary/aromatic N) is 2. The largest absolute Gasteiger partial charge is 0.364 e. The third-order valence-electron chi connectivity index (χ3n) is 2.17. The predicted octanol–water partition coefficient (Wildman–Crippen LogP) is 1.08. The van der Waals surface area contributed by atoms with Crippen molar-refractivity contribution in [3.63, 3.8) is 0 Å². The molecule has 0 spiro atoms. The van der Waals surface area contributed by atoms with Crippen LogP contribution in [-0.2, 0) is 0 Å². The van der Waals surface area contributed by atoms with E-state index in [1.807, 2.05) is 37.3 Å². The van der Waals surface area contributed by atoms with Gasteiger partial charge in [0.2, 0.25) is 0 Å². The summed E-state index contributed by atoms with van der Waals surface area (Å²) >= 11 is 4.99. The van der Waals surface area contributed by atoms with Crippen LogP contribution in [0.15, 0.2) is 40.5 Å². The molecule has 0 amide bonds. The second kappa shape index (κ2) is 7.39. The van der Waals surface area contributed by atoms with Crippen LogP contribution in [0, 0.1) is 0 Å². The minimum atomic E-state index is 0.459. The summed E-state index contributed by atoms with van der Waals surface area (Å²) < 4.78 is 0. The fraction of sp³-hybridized carbons (Fsp3) is 0.250. The molecule has 5 nitrogen and oxygen atoms in total. The van der Waals surface area contributed by atoms with Crippen LogP contribution in [0.25, 0.3) is 0 Å². The molecule has 0 bridgehead atoms. The zero-order valence-electron chi connectivity index (χ0n) is 10.7. The average molecular weight is 263 g/mol. The molecule has 0 aliphatic heterocycles. The lowest BCUT2D eigenvalue weighted by atomic mass is 10.1. The minimum absolute atomic E-state index is 0.459. The normalized spacial score (nSPS) is 11.9. The topological polar surface area (TPSA) is 60.8 Å². The van der Waals surface area contributed by atoms with Crippen LogP contribution in [0.3, 0.4) is 0 Å². The molecule has 3 N–H and O–H groups in total. The molecule has 0 radical (unpaired) electrons. The first-order valence-corrected chi connectivity index (χ1v) is 5.92. The zero-order chi connectivity index (χ0) is 13.4. The Bertz CT molecular complexity index is 453. The van der Waals surface area contributed by atoms with Crippen molar-refractivity contribution < 1.29 is 0 Å². The molecule has 0 fully saturated rings. The SMILES string of the molecule is CN/N=C(C)\C(=N/NC(=S)NC)c1ccccc1. The lowest BCUT2D eigenvalue weighted by Gasteiger charge is -2.08. The number of thiocarbonyl (C=S) groups is 1. The molecule has 18 heavy (non-hydrogen) atoms. The zero-order valence-corrected chi connectivity index (χ0v) is 11.5. The molecule has 0 aliphatic carbocycles. The monoisotopic (exact) mass is 263 g/mol. The summed E-state index contributed by atoms with van der Waals surface area (Å²) in [5.41, 5.74) is 8.00. The van der Waals surface area contributed by atoms with Gasteiger partial charge >= 0.3 is 0 Å². The molecular formula is C12H17N5S. The summed E-state index contributed by atoms with van der Waals surface area (Å²) in [6.45, 7) is 1.88. The van der Waals surface area contributed by atoms with Crippen molar-refractivity contribution in [2.24, 2.45) is 10.2 Å². The fourth-order valence-electron chi connectivity index (χ4n) is 1.33. The maximum Gasteiger partial charge on any atom is 0.186 e. The van der Waals surface area contributed by atoms with Gasteiger partial charge in [-0.3, -0.25) is 5.43 Å². The van der Waals surface area contributed by atoms with Crippen LogP contribution in [-0.4, -0.2) is 30.6 Å². The maximum atomic E-state index is 4.99. The van der Waals surface area contributed by atoms with Crippen molar-refractivity contribution in [3.8, 4) is 0 Å². The van der Waals surface area contributed by atoms with Gasteiger partial charge in [0.05, 0.1) is 5.71 Å². The van der Waals surface area contributed by atoms with Crippen LogP contribution in [0.5, 0.6) is 0 Å². The van der Waals surface area contributed by atoms with E-state index in [-0.39, 0.29) is 0 Å². The molecular weight excluding hydrogens is 246 g/mol. The van der Waals surface area contributed by atoms with E-state index >= 15 is 0 Å². The highest BCUT2D eigenvalue weighted by Crippen LogP contribution is 2.02. The van der Waals surface area contributed by atoms with Crippen molar-refractivity contribution in [3.05, 3.63) is 35.9 Å². The quantitative estimate of drug-likeness (QED) is 0.432. The number of benzene rings is 1. The first kappa shape index (κ1) is 14.1.